The molecule has 0 heterocycles. The molecule has 0 unspecified atom stereocenters. The van der Waals surface area contributed by atoms with Crippen LogP contribution in [0.5, 0.6) is 0 Å². The van der Waals surface area contributed by atoms with E-state index >= 15 is 0 Å². The van der Waals surface area contributed by atoms with Crippen molar-refractivity contribution in [2.24, 2.45) is 0 Å². The molecule has 1 nitrogen and oxygen atoms in total. The van der Waals surface area contributed by atoms with Crippen molar-refractivity contribution < 1.29 is 4.12 Å². The highest BCUT2D eigenvalue weighted by molar-refractivity contribution is 6.60. The zero-order valence-electron chi connectivity index (χ0n) is 15.4. The molecule has 3 heteroatoms. The van der Waals surface area contributed by atoms with E-state index in [-0.39, 0.29) is 10.8 Å². The summed E-state index contributed by atoms with van der Waals surface area (Å²) in [5, 5.41) is 2.92. The van der Waals surface area contributed by atoms with Gasteiger partial charge < -0.3 is 4.12 Å². The van der Waals surface area contributed by atoms with E-state index in [0.717, 1.165) is 0 Å². The SMILES string of the molecule is CC(C)(C)c1ccccc1[SiH2]O[SiH2]c1ccccc1C(C)(C)C. The lowest BCUT2D eigenvalue weighted by Crippen LogP contribution is -2.34. The van der Waals surface area contributed by atoms with Crippen LogP contribution in [-0.4, -0.2) is 19.5 Å². The third-order valence-electron chi connectivity index (χ3n) is 4.17. The number of rotatable bonds is 4. The molecule has 0 aliphatic heterocycles. The largest absolute Gasteiger partial charge is 0.458 e. The summed E-state index contributed by atoms with van der Waals surface area (Å²) in [5.41, 5.74) is 3.28. The number of benzene rings is 2. The number of hydrogen-bond donors (Lipinski definition) is 0. The van der Waals surface area contributed by atoms with Crippen molar-refractivity contribution >= 4 is 29.9 Å². The molecule has 0 radical (unpaired) electrons. The standard InChI is InChI=1S/C20H30OSi2/c1-19(2,3)15-11-7-9-13-17(15)22-21-23-18-14-10-8-12-16(18)20(4,5)6/h7-14H,22-23H2,1-6H3. The lowest BCUT2D eigenvalue weighted by Gasteiger charge is -2.24. The van der Waals surface area contributed by atoms with Crippen molar-refractivity contribution in [3.63, 3.8) is 0 Å². The van der Waals surface area contributed by atoms with Gasteiger partial charge in [0.2, 0.25) is 0 Å². The molecular weight excluding hydrogens is 312 g/mol. The van der Waals surface area contributed by atoms with Gasteiger partial charge in [0, 0.05) is 0 Å². The maximum atomic E-state index is 6.36. The van der Waals surface area contributed by atoms with E-state index in [1.165, 1.54) is 21.5 Å². The second kappa shape index (κ2) is 7.16. The second-order valence-corrected chi connectivity index (χ2v) is 12.0. The maximum Gasteiger partial charge on any atom is 0.178 e. The van der Waals surface area contributed by atoms with Gasteiger partial charge in [-0.3, -0.25) is 0 Å². The fourth-order valence-electron chi connectivity index (χ4n) is 3.03. The van der Waals surface area contributed by atoms with Crippen LogP contribution < -0.4 is 10.4 Å². The Hall–Kier alpha value is -1.17. The zero-order chi connectivity index (χ0) is 17.1. The molecule has 0 spiro atoms. The zero-order valence-corrected chi connectivity index (χ0v) is 18.3. The van der Waals surface area contributed by atoms with E-state index in [4.69, 9.17) is 4.12 Å². The van der Waals surface area contributed by atoms with Gasteiger partial charge in [0.1, 0.15) is 0 Å². The lowest BCUT2D eigenvalue weighted by molar-refractivity contribution is 0.588. The minimum absolute atomic E-state index is 0.192. The van der Waals surface area contributed by atoms with Crippen LogP contribution in [0, 0.1) is 0 Å². The molecular formula is C20H30OSi2. The molecule has 2 aromatic carbocycles. The van der Waals surface area contributed by atoms with Crippen molar-refractivity contribution in [3.05, 3.63) is 59.7 Å². The van der Waals surface area contributed by atoms with Crippen LogP contribution in [0.4, 0.5) is 0 Å². The summed E-state index contributed by atoms with van der Waals surface area (Å²) in [6.07, 6.45) is 0. The third kappa shape index (κ3) is 4.90. The highest BCUT2D eigenvalue weighted by Crippen LogP contribution is 2.20. The van der Waals surface area contributed by atoms with Gasteiger partial charge in [-0.05, 0) is 32.3 Å². The van der Waals surface area contributed by atoms with Gasteiger partial charge in [-0.25, -0.2) is 0 Å². The van der Waals surface area contributed by atoms with E-state index in [1.807, 2.05) is 0 Å². The van der Waals surface area contributed by atoms with E-state index in [1.54, 1.807) is 0 Å². The van der Waals surface area contributed by atoms with Gasteiger partial charge in [-0.2, -0.15) is 0 Å². The molecule has 0 atom stereocenters. The van der Waals surface area contributed by atoms with Crippen molar-refractivity contribution in [2.45, 2.75) is 52.4 Å². The first-order valence-electron chi connectivity index (χ1n) is 8.44. The predicted octanol–water partition coefficient (Wildman–Crippen LogP) is 2.42. The van der Waals surface area contributed by atoms with Gasteiger partial charge in [0.15, 0.2) is 19.5 Å². The molecule has 0 aliphatic rings. The summed E-state index contributed by atoms with van der Waals surface area (Å²) in [7, 11) is -1.32. The first-order valence-corrected chi connectivity index (χ1v) is 11.0. The summed E-state index contributed by atoms with van der Waals surface area (Å²) < 4.78 is 6.36. The van der Waals surface area contributed by atoms with Crippen LogP contribution in [0.15, 0.2) is 48.5 Å². The molecule has 0 saturated carbocycles. The Bertz CT molecular complexity index is 594. The molecule has 0 bridgehead atoms. The molecule has 0 aliphatic carbocycles. The first-order chi connectivity index (χ1) is 10.7. The highest BCUT2D eigenvalue weighted by Gasteiger charge is 2.19. The van der Waals surface area contributed by atoms with E-state index in [2.05, 4.69) is 90.1 Å². The Morgan fingerprint density at radius 1 is 0.609 bits per heavy atom. The highest BCUT2D eigenvalue weighted by atomic mass is 28.3. The van der Waals surface area contributed by atoms with Crippen LogP contribution >= 0.6 is 0 Å². The molecule has 124 valence electrons. The molecule has 0 fully saturated rings. The molecule has 2 aromatic rings. The monoisotopic (exact) mass is 342 g/mol. The summed E-state index contributed by atoms with van der Waals surface area (Å²) in [6, 6.07) is 17.6. The molecule has 0 saturated heterocycles. The van der Waals surface area contributed by atoms with Gasteiger partial charge in [-0.1, -0.05) is 90.1 Å². The fraction of sp³-hybridized carbons (Fsp3) is 0.400. The average molecular weight is 343 g/mol. The minimum Gasteiger partial charge on any atom is -0.458 e. The van der Waals surface area contributed by atoms with Crippen molar-refractivity contribution in [2.75, 3.05) is 0 Å². The van der Waals surface area contributed by atoms with E-state index < -0.39 is 19.5 Å². The van der Waals surface area contributed by atoms with E-state index in [9.17, 15) is 0 Å². The first kappa shape index (κ1) is 18.2. The fourth-order valence-corrected chi connectivity index (χ4v) is 7.27. The third-order valence-corrected chi connectivity index (χ3v) is 7.65. The minimum atomic E-state index is -0.662. The summed E-state index contributed by atoms with van der Waals surface area (Å²) >= 11 is 0. The van der Waals surface area contributed by atoms with Crippen LogP contribution in [-0.2, 0) is 14.9 Å². The lowest BCUT2D eigenvalue weighted by atomic mass is 9.87. The Labute approximate surface area is 146 Å². The predicted molar refractivity (Wildman–Crippen MR) is 108 cm³/mol. The molecule has 23 heavy (non-hydrogen) atoms. The molecule has 0 aromatic heterocycles. The summed E-state index contributed by atoms with van der Waals surface area (Å²) in [6.45, 7) is 13.7. The Balaban J connectivity index is 2.11. The van der Waals surface area contributed by atoms with Crippen LogP contribution in [0.25, 0.3) is 0 Å². The topological polar surface area (TPSA) is 9.23 Å². The van der Waals surface area contributed by atoms with E-state index in [0.29, 0.717) is 0 Å². The smallest absolute Gasteiger partial charge is 0.178 e. The number of hydrogen-bond acceptors (Lipinski definition) is 1. The van der Waals surface area contributed by atoms with Gasteiger partial charge in [0.25, 0.3) is 0 Å². The summed E-state index contributed by atoms with van der Waals surface area (Å²) in [4.78, 5) is 0. The van der Waals surface area contributed by atoms with Crippen molar-refractivity contribution in [3.8, 4) is 0 Å². The Kier molecular flexibility index (Phi) is 5.66. The second-order valence-electron chi connectivity index (χ2n) is 8.31. The average Bonchev–Trinajstić information content (AvgIpc) is 2.46. The van der Waals surface area contributed by atoms with Crippen molar-refractivity contribution in [1.29, 1.82) is 0 Å². The van der Waals surface area contributed by atoms with Gasteiger partial charge in [0.05, 0.1) is 0 Å². The summed E-state index contributed by atoms with van der Waals surface area (Å²) in [5.74, 6) is 0. The quantitative estimate of drug-likeness (QED) is 0.776. The van der Waals surface area contributed by atoms with Gasteiger partial charge >= 0.3 is 0 Å². The van der Waals surface area contributed by atoms with Crippen molar-refractivity contribution in [1.82, 2.24) is 0 Å². The normalized spacial score (nSPS) is 13.5. The van der Waals surface area contributed by atoms with Crippen LogP contribution in [0.2, 0.25) is 0 Å². The molecule has 2 rings (SSSR count). The van der Waals surface area contributed by atoms with Crippen LogP contribution in [0.3, 0.4) is 0 Å². The van der Waals surface area contributed by atoms with Crippen LogP contribution in [0.1, 0.15) is 52.7 Å². The van der Waals surface area contributed by atoms with Gasteiger partial charge in [-0.15, -0.1) is 0 Å². The Morgan fingerprint density at radius 2 is 0.957 bits per heavy atom. The molecule has 0 N–H and O–H groups in total. The maximum absolute atomic E-state index is 6.36. The Morgan fingerprint density at radius 3 is 1.30 bits per heavy atom. The molecule has 0 amide bonds.